The van der Waals surface area contributed by atoms with Crippen molar-refractivity contribution in [2.75, 3.05) is 29.0 Å². The molecule has 0 spiro atoms. The maximum absolute atomic E-state index is 9.72. The van der Waals surface area contributed by atoms with Crippen molar-refractivity contribution in [2.24, 2.45) is 11.8 Å². The molecule has 10 heteroatoms. The number of hydrogen-bond donors (Lipinski definition) is 5. The molecule has 3 aromatic rings. The van der Waals surface area contributed by atoms with E-state index in [0.717, 1.165) is 41.6 Å². The molecular weight excluding hydrogens is 412 g/mol. The third-order valence-electron chi connectivity index (χ3n) is 6.67. The minimum Gasteiger partial charge on any atom is -0.508 e. The van der Waals surface area contributed by atoms with Crippen LogP contribution in [0.4, 0.5) is 23.0 Å². The number of aromatic nitrogens is 4. The highest BCUT2D eigenvalue weighted by atomic mass is 32.1. The topological polar surface area (TPSA) is 120 Å². The van der Waals surface area contributed by atoms with Crippen LogP contribution in [-0.4, -0.2) is 50.2 Å². The summed E-state index contributed by atoms with van der Waals surface area (Å²) in [6, 6.07) is 5.93. The number of nitrogens with zero attached hydrogens (tertiary/aromatic N) is 4. The van der Waals surface area contributed by atoms with E-state index in [1.54, 1.807) is 12.1 Å². The quantitative estimate of drug-likeness (QED) is 0.395. The molecule has 0 amide bonds. The van der Waals surface area contributed by atoms with E-state index < -0.39 is 0 Å². The van der Waals surface area contributed by atoms with Gasteiger partial charge < -0.3 is 21.1 Å². The smallest absolute Gasteiger partial charge is 0.235 e. The number of phenolic OH excluding ortho intramolecular Hbond substituents is 1. The van der Waals surface area contributed by atoms with Gasteiger partial charge in [-0.05, 0) is 62.3 Å². The van der Waals surface area contributed by atoms with E-state index in [-0.39, 0.29) is 5.75 Å². The van der Waals surface area contributed by atoms with Crippen molar-refractivity contribution in [3.63, 3.8) is 0 Å². The Morgan fingerprint density at radius 1 is 0.968 bits per heavy atom. The van der Waals surface area contributed by atoms with Crippen LogP contribution in [0.2, 0.25) is 0 Å². The second-order valence-corrected chi connectivity index (χ2v) is 9.89. The molecule has 2 aromatic heterocycles. The minimum absolute atomic E-state index is 0.233. The molecule has 6 rings (SSSR count). The summed E-state index contributed by atoms with van der Waals surface area (Å²) in [6.07, 6.45) is 6.24. The van der Waals surface area contributed by atoms with Gasteiger partial charge in [0.1, 0.15) is 5.75 Å². The van der Waals surface area contributed by atoms with Crippen LogP contribution >= 0.6 is 11.3 Å². The molecule has 3 heterocycles. The van der Waals surface area contributed by atoms with Crippen LogP contribution in [0, 0.1) is 11.8 Å². The predicted molar refractivity (Wildman–Crippen MR) is 122 cm³/mol. The number of nitrogens with one attached hydrogen (secondary N) is 4. The van der Waals surface area contributed by atoms with Gasteiger partial charge in [-0.15, -0.1) is 0 Å². The summed E-state index contributed by atoms with van der Waals surface area (Å²) in [5, 5.41) is 24.1. The van der Waals surface area contributed by atoms with E-state index in [1.807, 2.05) is 6.07 Å². The maximum Gasteiger partial charge on any atom is 0.235 e. The number of hydrogen-bond acceptors (Lipinski definition) is 10. The molecule has 1 saturated heterocycles. The summed E-state index contributed by atoms with van der Waals surface area (Å²) in [4.78, 5) is 18.5. The summed E-state index contributed by atoms with van der Waals surface area (Å²) < 4.78 is 0.910. The van der Waals surface area contributed by atoms with E-state index in [4.69, 9.17) is 0 Å². The summed E-state index contributed by atoms with van der Waals surface area (Å²) in [5.74, 6) is 3.47. The Morgan fingerprint density at radius 2 is 1.84 bits per heavy atom. The van der Waals surface area contributed by atoms with Gasteiger partial charge in [0.2, 0.25) is 17.8 Å². The van der Waals surface area contributed by atoms with E-state index in [2.05, 4.69) is 41.2 Å². The maximum atomic E-state index is 9.72. The molecule has 4 unspecified atom stereocenters. The van der Waals surface area contributed by atoms with Gasteiger partial charge in [0, 0.05) is 18.6 Å². The van der Waals surface area contributed by atoms with Crippen molar-refractivity contribution in [1.82, 2.24) is 25.3 Å². The van der Waals surface area contributed by atoms with Gasteiger partial charge in [-0.3, -0.25) is 5.32 Å². The Morgan fingerprint density at radius 3 is 2.61 bits per heavy atom. The SMILES string of the molecule is Oc1ccc2nc(Nc3nc(NC4CCNC4)nc(NC4CC5CCC4C5)n3)sc2c1. The summed E-state index contributed by atoms with van der Waals surface area (Å²) >= 11 is 1.46. The molecule has 4 atom stereocenters. The largest absolute Gasteiger partial charge is 0.508 e. The zero-order valence-electron chi connectivity index (χ0n) is 17.1. The standard InChI is InChI=1S/C21H26N8OS/c30-14-3-4-15-17(9-14)31-21(25-15)29-20-27-18(23-13-5-6-22-10-13)26-19(28-20)24-16-8-11-1-2-12(16)7-11/h3-4,9,11-13,16,22,30H,1-2,5-8,10H2,(H3,23,24,25,26,27,28,29). The molecular formula is C21H26N8OS. The second kappa shape index (κ2) is 7.76. The van der Waals surface area contributed by atoms with Crippen LogP contribution in [0.25, 0.3) is 10.2 Å². The Hall–Kier alpha value is -2.72. The predicted octanol–water partition coefficient (Wildman–Crippen LogP) is 3.30. The normalized spacial score (nSPS) is 27.1. The molecule has 3 aliphatic rings. The lowest BCUT2D eigenvalue weighted by Gasteiger charge is -2.23. The van der Waals surface area contributed by atoms with Crippen molar-refractivity contribution in [3.05, 3.63) is 18.2 Å². The number of anilines is 4. The highest BCUT2D eigenvalue weighted by Crippen LogP contribution is 2.45. The lowest BCUT2D eigenvalue weighted by Crippen LogP contribution is -2.28. The van der Waals surface area contributed by atoms with Crippen molar-refractivity contribution < 1.29 is 5.11 Å². The Labute approximate surface area is 184 Å². The van der Waals surface area contributed by atoms with Gasteiger partial charge in [-0.25, -0.2) is 4.98 Å². The Balaban J connectivity index is 1.27. The van der Waals surface area contributed by atoms with Crippen molar-refractivity contribution >= 4 is 44.5 Å². The van der Waals surface area contributed by atoms with Gasteiger partial charge in [-0.2, -0.15) is 15.0 Å². The molecule has 2 saturated carbocycles. The van der Waals surface area contributed by atoms with Crippen LogP contribution in [0.5, 0.6) is 5.75 Å². The van der Waals surface area contributed by atoms with Crippen molar-refractivity contribution in [1.29, 1.82) is 0 Å². The molecule has 1 aliphatic heterocycles. The zero-order chi connectivity index (χ0) is 20.8. The van der Waals surface area contributed by atoms with Crippen LogP contribution < -0.4 is 21.3 Å². The monoisotopic (exact) mass is 438 g/mol. The fourth-order valence-corrected chi connectivity index (χ4v) is 6.06. The van der Waals surface area contributed by atoms with Gasteiger partial charge >= 0.3 is 0 Å². The van der Waals surface area contributed by atoms with Gasteiger partial charge in [-0.1, -0.05) is 17.8 Å². The highest BCUT2D eigenvalue weighted by molar-refractivity contribution is 7.22. The highest BCUT2D eigenvalue weighted by Gasteiger charge is 2.39. The van der Waals surface area contributed by atoms with Crippen LogP contribution in [0.1, 0.15) is 32.1 Å². The van der Waals surface area contributed by atoms with Gasteiger partial charge in [0.15, 0.2) is 5.13 Å². The number of benzene rings is 1. The van der Waals surface area contributed by atoms with Gasteiger partial charge in [0.25, 0.3) is 0 Å². The lowest BCUT2D eigenvalue weighted by atomic mass is 9.95. The van der Waals surface area contributed by atoms with E-state index in [9.17, 15) is 5.11 Å². The Kier molecular flexibility index (Phi) is 4.76. The second-order valence-electron chi connectivity index (χ2n) is 8.86. The number of rotatable bonds is 6. The third kappa shape index (κ3) is 3.97. The fourth-order valence-electron chi connectivity index (χ4n) is 5.17. The molecule has 1 aromatic carbocycles. The van der Waals surface area contributed by atoms with E-state index >= 15 is 0 Å². The number of fused-ring (bicyclic) bond motifs is 3. The molecule has 2 aliphatic carbocycles. The molecule has 0 radical (unpaired) electrons. The number of thiazole rings is 1. The van der Waals surface area contributed by atoms with Crippen LogP contribution in [0.15, 0.2) is 18.2 Å². The van der Waals surface area contributed by atoms with Crippen LogP contribution in [-0.2, 0) is 0 Å². The average molecular weight is 439 g/mol. The zero-order valence-corrected chi connectivity index (χ0v) is 18.0. The molecule has 2 bridgehead atoms. The van der Waals surface area contributed by atoms with Crippen LogP contribution in [0.3, 0.4) is 0 Å². The summed E-state index contributed by atoms with van der Waals surface area (Å²) in [5.41, 5.74) is 0.829. The van der Waals surface area contributed by atoms with Crippen molar-refractivity contribution in [3.8, 4) is 5.75 Å². The minimum atomic E-state index is 0.233. The van der Waals surface area contributed by atoms with E-state index in [1.165, 1.54) is 37.0 Å². The summed E-state index contributed by atoms with van der Waals surface area (Å²) in [6.45, 7) is 1.91. The van der Waals surface area contributed by atoms with Crippen molar-refractivity contribution in [2.45, 2.75) is 44.2 Å². The number of aromatic hydroxyl groups is 1. The fraction of sp³-hybridized carbons (Fsp3) is 0.524. The molecule has 31 heavy (non-hydrogen) atoms. The lowest BCUT2D eigenvalue weighted by molar-refractivity contribution is 0.438. The number of phenols is 1. The first kappa shape index (κ1) is 19.0. The van der Waals surface area contributed by atoms with Gasteiger partial charge in [0.05, 0.1) is 10.2 Å². The third-order valence-corrected chi connectivity index (χ3v) is 7.61. The molecule has 5 N–H and O–H groups in total. The average Bonchev–Trinajstić information content (AvgIpc) is 3.52. The summed E-state index contributed by atoms with van der Waals surface area (Å²) in [7, 11) is 0. The molecule has 9 nitrogen and oxygen atoms in total. The molecule has 162 valence electrons. The first-order valence-corrected chi connectivity index (χ1v) is 11.9. The Bertz CT molecular complexity index is 1100. The first-order valence-electron chi connectivity index (χ1n) is 11.0. The molecule has 3 fully saturated rings. The van der Waals surface area contributed by atoms with E-state index in [0.29, 0.717) is 35.1 Å². The first-order chi connectivity index (χ1) is 15.2.